The topological polar surface area (TPSA) is 26.3 Å². The summed E-state index contributed by atoms with van der Waals surface area (Å²) >= 11 is 0. The predicted molar refractivity (Wildman–Crippen MR) is 119 cm³/mol. The van der Waals surface area contributed by atoms with Gasteiger partial charge in [0.05, 0.1) is 6.61 Å². The molecule has 0 bridgehead atoms. The Bertz CT molecular complexity index is 301. The summed E-state index contributed by atoms with van der Waals surface area (Å²) in [5.74, 6) is 0.587. The molecule has 0 amide bonds. The van der Waals surface area contributed by atoms with Crippen molar-refractivity contribution in [3.8, 4) is 0 Å². The van der Waals surface area contributed by atoms with Crippen LogP contribution in [0.15, 0.2) is 0 Å². The molecule has 0 aromatic rings. The van der Waals surface area contributed by atoms with Crippen molar-refractivity contribution in [3.05, 3.63) is 0 Å². The van der Waals surface area contributed by atoms with Crippen LogP contribution < -0.4 is 0 Å². The monoisotopic (exact) mass is 382 g/mol. The van der Waals surface area contributed by atoms with Crippen molar-refractivity contribution < 1.29 is 9.53 Å². The minimum Gasteiger partial charge on any atom is -0.466 e. The lowest BCUT2D eigenvalue weighted by atomic mass is 9.91. The molecule has 162 valence electrons. The first-order chi connectivity index (χ1) is 13.2. The lowest BCUT2D eigenvalue weighted by molar-refractivity contribution is -0.145. The van der Waals surface area contributed by atoms with Gasteiger partial charge in [0.25, 0.3) is 0 Å². The molecule has 1 unspecified atom stereocenters. The zero-order chi connectivity index (χ0) is 20.0. The predicted octanol–water partition coefficient (Wildman–Crippen LogP) is 8.62. The fourth-order valence-corrected chi connectivity index (χ4v) is 3.75. The molecular weight excluding hydrogens is 332 g/mol. The highest BCUT2D eigenvalue weighted by molar-refractivity contribution is 5.69. The Labute approximate surface area is 171 Å². The molecule has 0 N–H and O–H groups in total. The van der Waals surface area contributed by atoms with Crippen molar-refractivity contribution in [3.63, 3.8) is 0 Å². The second-order valence-electron chi connectivity index (χ2n) is 8.46. The van der Waals surface area contributed by atoms with Crippen molar-refractivity contribution in [1.29, 1.82) is 0 Å². The standard InChI is InChI=1S/C25H50O2/c1-4-7-10-12-14-15-17-19-21-24(20-18-16-13-11-8-5-2)23-25(26)27-22-9-6-3/h24H,4-23H2,1-3H3. The highest BCUT2D eigenvalue weighted by Crippen LogP contribution is 2.23. The summed E-state index contributed by atoms with van der Waals surface area (Å²) in [5.41, 5.74) is 0. The van der Waals surface area contributed by atoms with Gasteiger partial charge >= 0.3 is 5.97 Å². The SMILES string of the molecule is CCCCCCCCCCC(CCCCCCCC)CC(=O)OCCCC. The van der Waals surface area contributed by atoms with E-state index in [0.29, 0.717) is 18.9 Å². The summed E-state index contributed by atoms with van der Waals surface area (Å²) in [6.45, 7) is 7.29. The quantitative estimate of drug-likeness (QED) is 0.147. The lowest BCUT2D eigenvalue weighted by Gasteiger charge is -2.16. The molecule has 0 aliphatic rings. The van der Waals surface area contributed by atoms with Gasteiger partial charge in [-0.25, -0.2) is 0 Å². The molecule has 0 saturated carbocycles. The molecule has 0 radical (unpaired) electrons. The van der Waals surface area contributed by atoms with E-state index in [1.165, 1.54) is 103 Å². The smallest absolute Gasteiger partial charge is 0.306 e. The normalized spacial score (nSPS) is 12.3. The van der Waals surface area contributed by atoms with Crippen LogP contribution in [0.25, 0.3) is 0 Å². The van der Waals surface area contributed by atoms with Crippen molar-refractivity contribution in [2.24, 2.45) is 5.92 Å². The fraction of sp³-hybridized carbons (Fsp3) is 0.960. The zero-order valence-corrected chi connectivity index (χ0v) is 19.0. The Morgan fingerprint density at radius 3 is 1.44 bits per heavy atom. The highest BCUT2D eigenvalue weighted by atomic mass is 16.5. The average molecular weight is 383 g/mol. The van der Waals surface area contributed by atoms with Gasteiger partial charge in [-0.15, -0.1) is 0 Å². The van der Waals surface area contributed by atoms with Gasteiger partial charge in [0.2, 0.25) is 0 Å². The molecule has 0 spiro atoms. The van der Waals surface area contributed by atoms with Gasteiger partial charge in [0, 0.05) is 6.42 Å². The Hall–Kier alpha value is -0.530. The molecule has 0 aromatic heterocycles. The van der Waals surface area contributed by atoms with Crippen molar-refractivity contribution in [1.82, 2.24) is 0 Å². The Balaban J connectivity index is 3.94. The van der Waals surface area contributed by atoms with Crippen molar-refractivity contribution in [2.75, 3.05) is 6.61 Å². The summed E-state index contributed by atoms with van der Waals surface area (Å²) in [6, 6.07) is 0. The van der Waals surface area contributed by atoms with Crippen LogP contribution in [0.3, 0.4) is 0 Å². The Morgan fingerprint density at radius 1 is 0.593 bits per heavy atom. The molecule has 0 aliphatic heterocycles. The largest absolute Gasteiger partial charge is 0.466 e. The number of hydrogen-bond acceptors (Lipinski definition) is 2. The van der Waals surface area contributed by atoms with Crippen LogP contribution in [0.1, 0.15) is 143 Å². The first kappa shape index (κ1) is 26.5. The molecule has 2 nitrogen and oxygen atoms in total. The number of carbonyl (C=O) groups excluding carboxylic acids is 1. The lowest BCUT2D eigenvalue weighted by Crippen LogP contribution is -2.13. The van der Waals surface area contributed by atoms with Crippen molar-refractivity contribution >= 4 is 5.97 Å². The van der Waals surface area contributed by atoms with E-state index in [0.717, 1.165) is 12.8 Å². The molecule has 0 fully saturated rings. The summed E-state index contributed by atoms with van der Waals surface area (Å²) in [7, 11) is 0. The number of unbranched alkanes of at least 4 members (excludes halogenated alkanes) is 13. The number of esters is 1. The number of ether oxygens (including phenoxy) is 1. The van der Waals surface area contributed by atoms with Gasteiger partial charge in [0.15, 0.2) is 0 Å². The van der Waals surface area contributed by atoms with E-state index in [2.05, 4.69) is 20.8 Å². The van der Waals surface area contributed by atoms with Crippen LogP contribution >= 0.6 is 0 Å². The first-order valence-electron chi connectivity index (χ1n) is 12.4. The molecule has 1 atom stereocenters. The molecule has 0 rings (SSSR count). The van der Waals surface area contributed by atoms with Crippen LogP contribution in [0.5, 0.6) is 0 Å². The molecule has 0 aromatic carbocycles. The van der Waals surface area contributed by atoms with Gasteiger partial charge in [0.1, 0.15) is 0 Å². The van der Waals surface area contributed by atoms with Crippen LogP contribution in [-0.2, 0) is 9.53 Å². The van der Waals surface area contributed by atoms with Crippen molar-refractivity contribution in [2.45, 2.75) is 143 Å². The van der Waals surface area contributed by atoms with Crippen LogP contribution in [0, 0.1) is 5.92 Å². The number of rotatable bonds is 21. The van der Waals surface area contributed by atoms with Crippen LogP contribution in [-0.4, -0.2) is 12.6 Å². The minimum atomic E-state index is 0.0407. The average Bonchev–Trinajstić information content (AvgIpc) is 2.66. The maximum absolute atomic E-state index is 12.1. The van der Waals surface area contributed by atoms with Gasteiger partial charge in [-0.2, -0.15) is 0 Å². The maximum atomic E-state index is 12.1. The Morgan fingerprint density at radius 2 is 1.00 bits per heavy atom. The fourth-order valence-electron chi connectivity index (χ4n) is 3.75. The molecule has 0 heterocycles. The zero-order valence-electron chi connectivity index (χ0n) is 19.0. The third-order valence-electron chi connectivity index (χ3n) is 5.65. The van der Waals surface area contributed by atoms with Crippen LogP contribution in [0.2, 0.25) is 0 Å². The number of carbonyl (C=O) groups is 1. The van der Waals surface area contributed by atoms with Gasteiger partial charge in [-0.05, 0) is 25.2 Å². The molecule has 0 saturated heterocycles. The highest BCUT2D eigenvalue weighted by Gasteiger charge is 2.14. The third-order valence-corrected chi connectivity index (χ3v) is 5.65. The second-order valence-corrected chi connectivity index (χ2v) is 8.46. The Kier molecular flexibility index (Phi) is 21.3. The minimum absolute atomic E-state index is 0.0407. The summed E-state index contributed by atoms with van der Waals surface area (Å²) < 4.78 is 5.42. The van der Waals surface area contributed by atoms with E-state index in [1.807, 2.05) is 0 Å². The van der Waals surface area contributed by atoms with E-state index in [-0.39, 0.29) is 5.97 Å². The summed E-state index contributed by atoms with van der Waals surface area (Å²) in [6.07, 6.45) is 24.1. The maximum Gasteiger partial charge on any atom is 0.306 e. The second kappa shape index (κ2) is 21.8. The van der Waals surface area contributed by atoms with Crippen LogP contribution in [0.4, 0.5) is 0 Å². The number of hydrogen-bond donors (Lipinski definition) is 0. The van der Waals surface area contributed by atoms with E-state index < -0.39 is 0 Å². The third kappa shape index (κ3) is 20.0. The molecule has 2 heteroatoms. The van der Waals surface area contributed by atoms with E-state index in [1.54, 1.807) is 0 Å². The van der Waals surface area contributed by atoms with Gasteiger partial charge in [-0.1, -0.05) is 117 Å². The van der Waals surface area contributed by atoms with E-state index in [9.17, 15) is 4.79 Å². The summed E-state index contributed by atoms with van der Waals surface area (Å²) in [4.78, 5) is 12.1. The molecular formula is C25H50O2. The van der Waals surface area contributed by atoms with E-state index in [4.69, 9.17) is 4.74 Å². The molecule has 27 heavy (non-hydrogen) atoms. The molecule has 0 aliphatic carbocycles. The first-order valence-corrected chi connectivity index (χ1v) is 12.4. The van der Waals surface area contributed by atoms with E-state index >= 15 is 0 Å². The summed E-state index contributed by atoms with van der Waals surface area (Å²) in [5, 5.41) is 0. The van der Waals surface area contributed by atoms with Gasteiger partial charge < -0.3 is 4.74 Å². The van der Waals surface area contributed by atoms with Gasteiger partial charge in [-0.3, -0.25) is 4.79 Å².